The third-order valence-electron chi connectivity index (χ3n) is 1.84. The zero-order chi connectivity index (χ0) is 7.61. The fourth-order valence-corrected chi connectivity index (χ4v) is 1.86. The van der Waals surface area contributed by atoms with Crippen LogP contribution >= 0.6 is 11.8 Å². The molecule has 0 saturated carbocycles. The highest BCUT2D eigenvalue weighted by atomic mass is 32.2. The molecule has 0 aromatic rings. The van der Waals surface area contributed by atoms with E-state index in [0.717, 1.165) is 6.54 Å². The third-order valence-corrected chi connectivity index (χ3v) is 2.59. The van der Waals surface area contributed by atoms with Crippen molar-refractivity contribution < 1.29 is 0 Å². The summed E-state index contributed by atoms with van der Waals surface area (Å²) in [6, 6.07) is 0. The minimum absolute atomic E-state index is 0.318. The van der Waals surface area contributed by atoms with Gasteiger partial charge in [-0.3, -0.25) is 10.6 Å². The van der Waals surface area contributed by atoms with Crippen LogP contribution in [0.2, 0.25) is 0 Å². The van der Waals surface area contributed by atoms with Crippen molar-refractivity contribution in [2.24, 2.45) is 0 Å². The van der Waals surface area contributed by atoms with Gasteiger partial charge in [0.2, 0.25) is 0 Å². The Kier molecular flexibility index (Phi) is 2.61. The molecule has 10 heavy (non-hydrogen) atoms. The lowest BCUT2D eigenvalue weighted by Crippen LogP contribution is -2.57. The molecule has 0 radical (unpaired) electrons. The van der Waals surface area contributed by atoms with E-state index in [0.29, 0.717) is 11.0 Å². The van der Waals surface area contributed by atoms with Crippen molar-refractivity contribution in [3.8, 4) is 0 Å². The maximum Gasteiger partial charge on any atom is 0.106 e. The van der Waals surface area contributed by atoms with Crippen molar-refractivity contribution in [2.75, 3.05) is 12.8 Å². The van der Waals surface area contributed by atoms with Crippen LogP contribution in [0.4, 0.5) is 0 Å². The van der Waals surface area contributed by atoms with Crippen molar-refractivity contribution in [2.45, 2.75) is 31.3 Å². The molecule has 1 fully saturated rings. The van der Waals surface area contributed by atoms with E-state index < -0.39 is 0 Å². The van der Waals surface area contributed by atoms with E-state index in [1.54, 1.807) is 0 Å². The Labute approximate surface area is 67.1 Å². The lowest BCUT2D eigenvalue weighted by Gasteiger charge is -2.36. The standard InChI is InChI=1S/C7H16N2S/c1-7(2)4-5-8-6(9-7)10-3/h6,8-9H,4-5H2,1-3H3. The van der Waals surface area contributed by atoms with Gasteiger partial charge in [-0.15, -0.1) is 11.8 Å². The molecule has 1 saturated heterocycles. The first-order valence-electron chi connectivity index (χ1n) is 3.68. The van der Waals surface area contributed by atoms with Crippen molar-refractivity contribution >= 4 is 11.8 Å². The van der Waals surface area contributed by atoms with Gasteiger partial charge in [-0.05, 0) is 33.1 Å². The molecule has 1 heterocycles. The summed E-state index contributed by atoms with van der Waals surface area (Å²) in [6.45, 7) is 5.62. The van der Waals surface area contributed by atoms with E-state index in [-0.39, 0.29) is 0 Å². The Balaban J connectivity index is 2.40. The maximum absolute atomic E-state index is 3.49. The molecule has 60 valence electrons. The number of rotatable bonds is 1. The van der Waals surface area contributed by atoms with E-state index in [1.165, 1.54) is 6.42 Å². The summed E-state index contributed by atoms with van der Waals surface area (Å²) in [5.74, 6) is 0. The molecule has 0 aromatic heterocycles. The van der Waals surface area contributed by atoms with Gasteiger partial charge < -0.3 is 0 Å². The predicted octanol–water partition coefficient (Wildman–Crippen LogP) is 0.994. The summed E-state index contributed by atoms with van der Waals surface area (Å²) in [6.07, 6.45) is 3.33. The van der Waals surface area contributed by atoms with Crippen molar-refractivity contribution in [3.05, 3.63) is 0 Å². The van der Waals surface area contributed by atoms with E-state index in [2.05, 4.69) is 30.7 Å². The largest absolute Gasteiger partial charge is 0.293 e. The second-order valence-electron chi connectivity index (χ2n) is 3.35. The SMILES string of the molecule is CSC1NCCC(C)(C)N1. The summed E-state index contributed by atoms with van der Waals surface area (Å²) >= 11 is 1.83. The fourth-order valence-electron chi connectivity index (χ4n) is 1.14. The minimum Gasteiger partial charge on any atom is -0.293 e. The summed E-state index contributed by atoms with van der Waals surface area (Å²) in [5, 5.41) is 6.87. The monoisotopic (exact) mass is 160 g/mol. The second kappa shape index (κ2) is 3.11. The van der Waals surface area contributed by atoms with Crippen LogP contribution in [0.3, 0.4) is 0 Å². The van der Waals surface area contributed by atoms with Crippen molar-refractivity contribution in [3.63, 3.8) is 0 Å². The number of nitrogens with one attached hydrogen (secondary N) is 2. The van der Waals surface area contributed by atoms with Gasteiger partial charge in [0.25, 0.3) is 0 Å². The van der Waals surface area contributed by atoms with E-state index in [1.807, 2.05) is 11.8 Å². The summed E-state index contributed by atoms with van der Waals surface area (Å²) in [4.78, 5) is 0. The molecule has 1 aliphatic heterocycles. The van der Waals surface area contributed by atoms with Crippen LogP contribution in [-0.2, 0) is 0 Å². The van der Waals surface area contributed by atoms with Crippen molar-refractivity contribution in [1.29, 1.82) is 0 Å². The highest BCUT2D eigenvalue weighted by Crippen LogP contribution is 2.15. The molecule has 0 amide bonds. The average Bonchev–Trinajstić information content (AvgIpc) is 1.86. The first-order chi connectivity index (χ1) is 4.64. The van der Waals surface area contributed by atoms with Crippen LogP contribution in [0.15, 0.2) is 0 Å². The zero-order valence-corrected chi connectivity index (χ0v) is 7.72. The summed E-state index contributed by atoms with van der Waals surface area (Å²) in [5.41, 5.74) is 0.766. The van der Waals surface area contributed by atoms with E-state index in [4.69, 9.17) is 0 Å². The van der Waals surface area contributed by atoms with Gasteiger partial charge >= 0.3 is 0 Å². The molecule has 0 spiro atoms. The number of thioether (sulfide) groups is 1. The van der Waals surface area contributed by atoms with E-state index in [9.17, 15) is 0 Å². The Hall–Kier alpha value is 0.270. The first kappa shape index (κ1) is 8.37. The molecule has 0 aromatic carbocycles. The van der Waals surface area contributed by atoms with Crippen LogP contribution in [-0.4, -0.2) is 23.8 Å². The smallest absolute Gasteiger partial charge is 0.106 e. The molecule has 1 rings (SSSR count). The van der Waals surface area contributed by atoms with Gasteiger partial charge in [-0.1, -0.05) is 0 Å². The number of hydrogen-bond donors (Lipinski definition) is 2. The van der Waals surface area contributed by atoms with Crippen LogP contribution in [0.5, 0.6) is 0 Å². The fraction of sp³-hybridized carbons (Fsp3) is 1.00. The van der Waals surface area contributed by atoms with Crippen LogP contribution in [0.1, 0.15) is 20.3 Å². The molecular formula is C7H16N2S. The van der Waals surface area contributed by atoms with Gasteiger partial charge in [-0.25, -0.2) is 0 Å². The van der Waals surface area contributed by atoms with Gasteiger partial charge in [0.1, 0.15) is 5.50 Å². The second-order valence-corrected chi connectivity index (χ2v) is 4.29. The van der Waals surface area contributed by atoms with E-state index >= 15 is 0 Å². The van der Waals surface area contributed by atoms with Gasteiger partial charge in [0, 0.05) is 5.54 Å². The third kappa shape index (κ3) is 2.15. The predicted molar refractivity (Wildman–Crippen MR) is 47.1 cm³/mol. The van der Waals surface area contributed by atoms with Crippen LogP contribution in [0.25, 0.3) is 0 Å². The Morgan fingerprint density at radius 1 is 1.50 bits per heavy atom. The minimum atomic E-state index is 0.318. The summed E-state index contributed by atoms with van der Waals surface area (Å²) < 4.78 is 0. The van der Waals surface area contributed by atoms with Crippen LogP contribution in [0, 0.1) is 0 Å². The topological polar surface area (TPSA) is 24.1 Å². The first-order valence-corrected chi connectivity index (χ1v) is 4.97. The van der Waals surface area contributed by atoms with Crippen LogP contribution < -0.4 is 10.6 Å². The van der Waals surface area contributed by atoms with Crippen molar-refractivity contribution in [1.82, 2.24) is 10.6 Å². The molecule has 2 N–H and O–H groups in total. The summed E-state index contributed by atoms with van der Waals surface area (Å²) in [7, 11) is 0. The Morgan fingerprint density at radius 2 is 2.20 bits per heavy atom. The van der Waals surface area contributed by atoms with Gasteiger partial charge in [-0.2, -0.15) is 0 Å². The Morgan fingerprint density at radius 3 is 2.60 bits per heavy atom. The molecule has 1 aliphatic rings. The lowest BCUT2D eigenvalue weighted by molar-refractivity contribution is 0.280. The average molecular weight is 160 g/mol. The quantitative estimate of drug-likeness (QED) is 0.598. The molecule has 1 unspecified atom stereocenters. The highest BCUT2D eigenvalue weighted by molar-refractivity contribution is 7.99. The molecular weight excluding hydrogens is 144 g/mol. The number of hydrogen-bond acceptors (Lipinski definition) is 3. The highest BCUT2D eigenvalue weighted by Gasteiger charge is 2.25. The molecule has 2 nitrogen and oxygen atoms in total. The Bertz CT molecular complexity index is 114. The molecule has 0 bridgehead atoms. The zero-order valence-electron chi connectivity index (χ0n) is 6.90. The normalized spacial score (nSPS) is 32.1. The van der Waals surface area contributed by atoms with Gasteiger partial charge in [0.05, 0.1) is 0 Å². The van der Waals surface area contributed by atoms with Gasteiger partial charge in [0.15, 0.2) is 0 Å². The molecule has 1 atom stereocenters. The molecule has 0 aliphatic carbocycles. The molecule has 3 heteroatoms. The maximum atomic E-state index is 3.49. The lowest BCUT2D eigenvalue weighted by atomic mass is 10.00.